The van der Waals surface area contributed by atoms with Gasteiger partial charge in [0.25, 0.3) is 5.91 Å². The van der Waals surface area contributed by atoms with E-state index in [9.17, 15) is 4.79 Å². The van der Waals surface area contributed by atoms with Gasteiger partial charge in [-0.1, -0.05) is 26.0 Å². The second-order valence-corrected chi connectivity index (χ2v) is 8.95. The maximum atomic E-state index is 13.1. The van der Waals surface area contributed by atoms with Crippen molar-refractivity contribution >= 4 is 11.7 Å². The van der Waals surface area contributed by atoms with Crippen LogP contribution in [0.4, 0.5) is 5.82 Å². The van der Waals surface area contributed by atoms with Gasteiger partial charge in [-0.15, -0.1) is 5.10 Å². The third kappa shape index (κ3) is 5.44. The van der Waals surface area contributed by atoms with E-state index in [0.29, 0.717) is 42.9 Å². The minimum Gasteiger partial charge on any atom is -0.496 e. The van der Waals surface area contributed by atoms with Gasteiger partial charge in [0, 0.05) is 36.8 Å². The number of piperidine rings is 1. The van der Waals surface area contributed by atoms with Crippen molar-refractivity contribution in [2.45, 2.75) is 32.6 Å². The minimum atomic E-state index is -0.0966. The van der Waals surface area contributed by atoms with Crippen LogP contribution in [0.3, 0.4) is 0 Å². The van der Waals surface area contributed by atoms with Crippen LogP contribution >= 0.6 is 0 Å². The predicted molar refractivity (Wildman–Crippen MR) is 131 cm³/mol. The summed E-state index contributed by atoms with van der Waals surface area (Å²) in [6, 6.07) is 13.2. The Labute approximate surface area is 200 Å². The van der Waals surface area contributed by atoms with Gasteiger partial charge in [-0.2, -0.15) is 5.10 Å². The standard InChI is InChI=1S/C26H31N5O3/c1-17(2)16-34-20-6-4-5-19(13-20)21-15-28-23(14-24(21)33-3)26(32)31-11-9-18(10-12-31)22-7-8-25(27)30-29-22/h4-8,13-15,17-18H,9-12,16H2,1-3H3,(H2,27,30). The number of benzene rings is 1. The number of ether oxygens (including phenoxy) is 2. The van der Waals surface area contributed by atoms with E-state index in [1.54, 1.807) is 25.4 Å². The molecule has 1 fully saturated rings. The third-order valence-corrected chi connectivity index (χ3v) is 5.94. The van der Waals surface area contributed by atoms with Gasteiger partial charge in [0.05, 0.1) is 19.4 Å². The van der Waals surface area contributed by atoms with Crippen LogP contribution in [0, 0.1) is 5.92 Å². The Balaban J connectivity index is 1.46. The fraction of sp³-hybridized carbons (Fsp3) is 0.385. The molecule has 178 valence electrons. The van der Waals surface area contributed by atoms with Gasteiger partial charge in [0.2, 0.25) is 0 Å². The van der Waals surface area contributed by atoms with Crippen LogP contribution < -0.4 is 15.2 Å². The highest BCUT2D eigenvalue weighted by Crippen LogP contribution is 2.33. The van der Waals surface area contributed by atoms with Crippen molar-refractivity contribution in [3.8, 4) is 22.6 Å². The molecule has 0 unspecified atom stereocenters. The zero-order chi connectivity index (χ0) is 24.1. The van der Waals surface area contributed by atoms with Crippen molar-refractivity contribution in [1.29, 1.82) is 0 Å². The van der Waals surface area contributed by atoms with E-state index in [1.165, 1.54) is 0 Å². The number of pyridine rings is 1. The van der Waals surface area contributed by atoms with Crippen molar-refractivity contribution in [3.63, 3.8) is 0 Å². The largest absolute Gasteiger partial charge is 0.496 e. The van der Waals surface area contributed by atoms with Crippen molar-refractivity contribution in [2.75, 3.05) is 32.5 Å². The zero-order valence-electron chi connectivity index (χ0n) is 19.9. The molecular weight excluding hydrogens is 430 g/mol. The van der Waals surface area contributed by atoms with Crippen LogP contribution in [0.1, 0.15) is 48.8 Å². The highest BCUT2D eigenvalue weighted by molar-refractivity contribution is 5.93. The third-order valence-electron chi connectivity index (χ3n) is 5.94. The first-order valence-corrected chi connectivity index (χ1v) is 11.6. The summed E-state index contributed by atoms with van der Waals surface area (Å²) in [5, 5.41) is 8.15. The van der Waals surface area contributed by atoms with Crippen LogP contribution in [0.25, 0.3) is 11.1 Å². The molecule has 8 nitrogen and oxygen atoms in total. The molecule has 34 heavy (non-hydrogen) atoms. The predicted octanol–water partition coefficient (Wildman–Crippen LogP) is 4.18. The molecule has 4 rings (SSSR count). The lowest BCUT2D eigenvalue weighted by Crippen LogP contribution is -2.38. The number of carbonyl (C=O) groups is 1. The monoisotopic (exact) mass is 461 g/mol. The normalized spacial score (nSPS) is 14.3. The molecular formula is C26H31N5O3. The molecule has 1 aliphatic heterocycles. The van der Waals surface area contributed by atoms with Crippen LogP contribution in [0.15, 0.2) is 48.7 Å². The van der Waals surface area contributed by atoms with Crippen molar-refractivity contribution in [3.05, 3.63) is 60.0 Å². The fourth-order valence-corrected chi connectivity index (χ4v) is 4.07. The molecule has 0 saturated carbocycles. The second kappa shape index (κ2) is 10.5. The molecule has 2 aromatic heterocycles. The van der Waals surface area contributed by atoms with E-state index in [2.05, 4.69) is 29.0 Å². The Morgan fingerprint density at radius 3 is 2.62 bits per heavy atom. The molecule has 0 bridgehead atoms. The smallest absolute Gasteiger partial charge is 0.272 e. The number of nitrogen functional groups attached to an aromatic ring is 1. The Morgan fingerprint density at radius 1 is 1.15 bits per heavy atom. The number of anilines is 1. The van der Waals surface area contributed by atoms with Crippen molar-refractivity contribution < 1.29 is 14.3 Å². The number of nitrogens with zero attached hydrogens (tertiary/aromatic N) is 4. The molecule has 1 aliphatic rings. The number of methoxy groups -OCH3 is 1. The first kappa shape index (κ1) is 23.5. The summed E-state index contributed by atoms with van der Waals surface area (Å²) in [5.74, 6) is 2.42. The average molecular weight is 462 g/mol. The van der Waals surface area contributed by atoms with Crippen LogP contribution in [0.5, 0.6) is 11.5 Å². The second-order valence-electron chi connectivity index (χ2n) is 8.95. The SMILES string of the molecule is COc1cc(C(=O)N2CCC(c3ccc(N)nn3)CC2)ncc1-c1cccc(OCC(C)C)c1. The number of carbonyl (C=O) groups excluding carboxylic acids is 1. The highest BCUT2D eigenvalue weighted by atomic mass is 16.5. The van der Waals surface area contributed by atoms with Gasteiger partial charge in [-0.05, 0) is 48.6 Å². The lowest BCUT2D eigenvalue weighted by Gasteiger charge is -2.31. The van der Waals surface area contributed by atoms with Crippen LogP contribution in [0.2, 0.25) is 0 Å². The molecule has 1 saturated heterocycles. The summed E-state index contributed by atoms with van der Waals surface area (Å²) in [5.41, 5.74) is 8.67. The number of hydrogen-bond donors (Lipinski definition) is 1. The molecule has 3 aromatic rings. The van der Waals surface area contributed by atoms with Gasteiger partial charge < -0.3 is 20.1 Å². The first-order chi connectivity index (χ1) is 16.4. The van der Waals surface area contributed by atoms with E-state index in [-0.39, 0.29) is 11.8 Å². The van der Waals surface area contributed by atoms with Gasteiger partial charge in [-0.3, -0.25) is 9.78 Å². The molecule has 0 radical (unpaired) electrons. The number of rotatable bonds is 7. The topological polar surface area (TPSA) is 103 Å². The van der Waals surface area contributed by atoms with E-state index in [4.69, 9.17) is 15.2 Å². The number of likely N-dealkylation sites (tertiary alicyclic amines) is 1. The Bertz CT molecular complexity index is 1130. The number of hydrogen-bond acceptors (Lipinski definition) is 7. The summed E-state index contributed by atoms with van der Waals surface area (Å²) >= 11 is 0. The fourth-order valence-electron chi connectivity index (χ4n) is 4.07. The minimum absolute atomic E-state index is 0.0966. The summed E-state index contributed by atoms with van der Waals surface area (Å²) < 4.78 is 11.5. The molecule has 8 heteroatoms. The maximum Gasteiger partial charge on any atom is 0.272 e. The summed E-state index contributed by atoms with van der Waals surface area (Å²) in [6.45, 7) is 6.14. The molecule has 3 heterocycles. The maximum absolute atomic E-state index is 13.1. The summed E-state index contributed by atoms with van der Waals surface area (Å²) in [7, 11) is 1.60. The first-order valence-electron chi connectivity index (χ1n) is 11.6. The number of aromatic nitrogens is 3. The van der Waals surface area contributed by atoms with Crippen molar-refractivity contribution in [1.82, 2.24) is 20.1 Å². The molecule has 0 aliphatic carbocycles. The molecule has 0 atom stereocenters. The average Bonchev–Trinajstić information content (AvgIpc) is 2.87. The van der Waals surface area contributed by atoms with E-state index in [0.717, 1.165) is 35.4 Å². The van der Waals surface area contributed by atoms with E-state index in [1.807, 2.05) is 35.2 Å². The Morgan fingerprint density at radius 2 is 1.94 bits per heavy atom. The lowest BCUT2D eigenvalue weighted by molar-refractivity contribution is 0.0705. The quantitative estimate of drug-likeness (QED) is 0.563. The van der Waals surface area contributed by atoms with Crippen LogP contribution in [-0.4, -0.2) is 52.8 Å². The summed E-state index contributed by atoms with van der Waals surface area (Å²) in [4.78, 5) is 19.5. The zero-order valence-corrected chi connectivity index (χ0v) is 19.9. The van der Waals surface area contributed by atoms with Crippen molar-refractivity contribution in [2.24, 2.45) is 5.92 Å². The highest BCUT2D eigenvalue weighted by Gasteiger charge is 2.27. The summed E-state index contributed by atoms with van der Waals surface area (Å²) in [6.07, 6.45) is 3.34. The van der Waals surface area contributed by atoms with E-state index >= 15 is 0 Å². The lowest BCUT2D eigenvalue weighted by atomic mass is 9.93. The molecule has 1 aromatic carbocycles. The van der Waals surface area contributed by atoms with Gasteiger partial charge in [0.1, 0.15) is 23.0 Å². The number of nitrogens with two attached hydrogens (primary N) is 1. The van der Waals surface area contributed by atoms with E-state index < -0.39 is 0 Å². The Kier molecular flexibility index (Phi) is 7.25. The Hall–Kier alpha value is -3.68. The molecule has 0 spiro atoms. The molecule has 1 amide bonds. The van der Waals surface area contributed by atoms with Gasteiger partial charge in [0.15, 0.2) is 0 Å². The van der Waals surface area contributed by atoms with Crippen LogP contribution in [-0.2, 0) is 0 Å². The van der Waals surface area contributed by atoms with Gasteiger partial charge in [-0.25, -0.2) is 0 Å². The number of amides is 1. The molecule has 2 N–H and O–H groups in total. The van der Waals surface area contributed by atoms with Gasteiger partial charge >= 0.3 is 0 Å².